The van der Waals surface area contributed by atoms with Crippen molar-refractivity contribution in [3.63, 3.8) is 0 Å². The number of hydrogen-bond acceptors (Lipinski definition) is 1. The molecule has 2 nitrogen and oxygen atoms in total. The van der Waals surface area contributed by atoms with E-state index in [-0.39, 0.29) is 0 Å². The third-order valence-corrected chi connectivity index (χ3v) is 3.33. The van der Waals surface area contributed by atoms with E-state index >= 15 is 0 Å². The average Bonchev–Trinajstić information content (AvgIpc) is 2.12. The zero-order chi connectivity index (χ0) is 10.9. The SMILES string of the molecule is Cc1ccc(Br)c(C)c1C(C)C(=O)O. The lowest BCUT2D eigenvalue weighted by atomic mass is 9.92. The molecule has 3 heteroatoms. The van der Waals surface area contributed by atoms with E-state index in [0.29, 0.717) is 0 Å². The van der Waals surface area contributed by atoms with Crippen LogP contribution in [-0.2, 0) is 4.79 Å². The van der Waals surface area contributed by atoms with Gasteiger partial charge in [-0.15, -0.1) is 0 Å². The van der Waals surface area contributed by atoms with Gasteiger partial charge in [-0.25, -0.2) is 0 Å². The maximum Gasteiger partial charge on any atom is 0.310 e. The summed E-state index contributed by atoms with van der Waals surface area (Å²) < 4.78 is 0.964. The molecule has 76 valence electrons. The van der Waals surface area contributed by atoms with Gasteiger partial charge in [0, 0.05) is 4.47 Å². The average molecular weight is 257 g/mol. The van der Waals surface area contributed by atoms with Crippen molar-refractivity contribution in [3.05, 3.63) is 33.3 Å². The van der Waals surface area contributed by atoms with Gasteiger partial charge in [0.25, 0.3) is 0 Å². The summed E-state index contributed by atoms with van der Waals surface area (Å²) in [6, 6.07) is 3.88. The van der Waals surface area contributed by atoms with Gasteiger partial charge in [-0.05, 0) is 43.5 Å². The second-order valence-electron chi connectivity index (χ2n) is 3.46. The molecule has 0 aliphatic carbocycles. The van der Waals surface area contributed by atoms with Crippen LogP contribution in [0.15, 0.2) is 16.6 Å². The van der Waals surface area contributed by atoms with Crippen LogP contribution in [0.2, 0.25) is 0 Å². The number of aryl methyl sites for hydroxylation is 1. The van der Waals surface area contributed by atoms with Crippen LogP contribution in [0, 0.1) is 13.8 Å². The van der Waals surface area contributed by atoms with Crippen LogP contribution in [0.4, 0.5) is 0 Å². The van der Waals surface area contributed by atoms with E-state index in [2.05, 4.69) is 15.9 Å². The van der Waals surface area contributed by atoms with E-state index in [9.17, 15) is 4.79 Å². The highest BCUT2D eigenvalue weighted by Gasteiger charge is 2.18. The lowest BCUT2D eigenvalue weighted by molar-refractivity contribution is -0.138. The number of carboxylic acids is 1. The molecule has 1 unspecified atom stereocenters. The smallest absolute Gasteiger partial charge is 0.310 e. The second-order valence-corrected chi connectivity index (χ2v) is 4.32. The molecule has 0 aliphatic rings. The monoisotopic (exact) mass is 256 g/mol. The van der Waals surface area contributed by atoms with Crippen molar-refractivity contribution in [2.45, 2.75) is 26.7 Å². The van der Waals surface area contributed by atoms with E-state index in [1.165, 1.54) is 0 Å². The van der Waals surface area contributed by atoms with Gasteiger partial charge in [0.2, 0.25) is 0 Å². The van der Waals surface area contributed by atoms with Gasteiger partial charge in [-0.3, -0.25) is 4.79 Å². The quantitative estimate of drug-likeness (QED) is 0.882. The highest BCUT2D eigenvalue weighted by molar-refractivity contribution is 9.10. The fourth-order valence-corrected chi connectivity index (χ4v) is 1.97. The van der Waals surface area contributed by atoms with Gasteiger partial charge in [-0.2, -0.15) is 0 Å². The summed E-state index contributed by atoms with van der Waals surface area (Å²) in [5, 5.41) is 8.96. The molecule has 0 radical (unpaired) electrons. The minimum Gasteiger partial charge on any atom is -0.481 e. The summed E-state index contributed by atoms with van der Waals surface area (Å²) in [4.78, 5) is 10.9. The maximum absolute atomic E-state index is 10.9. The molecule has 1 N–H and O–H groups in total. The third-order valence-electron chi connectivity index (χ3n) is 2.47. The largest absolute Gasteiger partial charge is 0.481 e. The zero-order valence-corrected chi connectivity index (χ0v) is 10.1. The molecule has 0 bridgehead atoms. The first-order chi connectivity index (χ1) is 6.45. The molecule has 1 aromatic carbocycles. The normalized spacial score (nSPS) is 12.6. The number of aliphatic carboxylic acids is 1. The van der Waals surface area contributed by atoms with Crippen LogP contribution in [-0.4, -0.2) is 11.1 Å². The Balaban J connectivity index is 3.32. The van der Waals surface area contributed by atoms with E-state index in [1.54, 1.807) is 6.92 Å². The van der Waals surface area contributed by atoms with Crippen molar-refractivity contribution < 1.29 is 9.90 Å². The molecule has 0 amide bonds. The van der Waals surface area contributed by atoms with Crippen molar-refractivity contribution >= 4 is 21.9 Å². The number of rotatable bonds is 2. The van der Waals surface area contributed by atoms with Gasteiger partial charge in [-0.1, -0.05) is 22.0 Å². The Morgan fingerprint density at radius 2 is 2.00 bits per heavy atom. The number of carbonyl (C=O) groups is 1. The van der Waals surface area contributed by atoms with Gasteiger partial charge in [0.1, 0.15) is 0 Å². The molecule has 0 spiro atoms. The Morgan fingerprint density at radius 3 is 2.50 bits per heavy atom. The Hall–Kier alpha value is -0.830. The maximum atomic E-state index is 10.9. The van der Waals surface area contributed by atoms with E-state index in [0.717, 1.165) is 21.2 Å². The molecular weight excluding hydrogens is 244 g/mol. The topological polar surface area (TPSA) is 37.3 Å². The predicted molar refractivity (Wildman–Crippen MR) is 59.7 cm³/mol. The number of carboxylic acid groups (broad SMARTS) is 1. The molecule has 0 fully saturated rings. The Labute approximate surface area is 92.1 Å². The summed E-state index contributed by atoms with van der Waals surface area (Å²) >= 11 is 3.40. The lowest BCUT2D eigenvalue weighted by Gasteiger charge is -2.14. The first kappa shape index (κ1) is 11.2. The summed E-state index contributed by atoms with van der Waals surface area (Å²) in [7, 11) is 0. The van der Waals surface area contributed by atoms with Crippen molar-refractivity contribution in [1.29, 1.82) is 0 Å². The fraction of sp³-hybridized carbons (Fsp3) is 0.364. The fourth-order valence-electron chi connectivity index (χ4n) is 1.63. The summed E-state index contributed by atoms with van der Waals surface area (Å²) in [6.07, 6.45) is 0. The highest BCUT2D eigenvalue weighted by atomic mass is 79.9. The second kappa shape index (κ2) is 4.13. The van der Waals surface area contributed by atoms with E-state index in [1.807, 2.05) is 26.0 Å². The summed E-state index contributed by atoms with van der Waals surface area (Å²) in [5.74, 6) is -1.23. The van der Waals surface area contributed by atoms with Crippen LogP contribution in [0.1, 0.15) is 29.5 Å². The predicted octanol–water partition coefficient (Wildman–Crippen LogP) is 3.25. The molecule has 0 aromatic heterocycles. The van der Waals surface area contributed by atoms with Gasteiger partial charge in [0.15, 0.2) is 0 Å². The molecule has 0 saturated heterocycles. The molecule has 1 aromatic rings. The molecule has 0 heterocycles. The van der Waals surface area contributed by atoms with Crippen LogP contribution in [0.25, 0.3) is 0 Å². The first-order valence-corrected chi connectivity index (χ1v) is 5.23. The molecular formula is C11H13BrO2. The number of benzene rings is 1. The van der Waals surface area contributed by atoms with E-state index in [4.69, 9.17) is 5.11 Å². The molecule has 1 atom stereocenters. The van der Waals surface area contributed by atoms with Gasteiger partial charge < -0.3 is 5.11 Å². The molecule has 14 heavy (non-hydrogen) atoms. The minimum absolute atomic E-state index is 0.451. The number of halogens is 1. The van der Waals surface area contributed by atoms with Crippen LogP contribution in [0.5, 0.6) is 0 Å². The number of hydrogen-bond donors (Lipinski definition) is 1. The van der Waals surface area contributed by atoms with Crippen molar-refractivity contribution in [3.8, 4) is 0 Å². The Kier molecular flexibility index (Phi) is 3.32. The van der Waals surface area contributed by atoms with Gasteiger partial charge in [0.05, 0.1) is 5.92 Å². The van der Waals surface area contributed by atoms with Crippen molar-refractivity contribution in [2.75, 3.05) is 0 Å². The van der Waals surface area contributed by atoms with Crippen LogP contribution in [0.3, 0.4) is 0 Å². The summed E-state index contributed by atoms with van der Waals surface area (Å²) in [5.41, 5.74) is 2.95. The van der Waals surface area contributed by atoms with Crippen LogP contribution >= 0.6 is 15.9 Å². The Bertz CT molecular complexity index is 372. The molecule has 1 rings (SSSR count). The molecule has 0 saturated carbocycles. The molecule has 0 aliphatic heterocycles. The van der Waals surface area contributed by atoms with Crippen molar-refractivity contribution in [1.82, 2.24) is 0 Å². The van der Waals surface area contributed by atoms with E-state index < -0.39 is 11.9 Å². The Morgan fingerprint density at radius 1 is 1.43 bits per heavy atom. The highest BCUT2D eigenvalue weighted by Crippen LogP contribution is 2.29. The van der Waals surface area contributed by atoms with Gasteiger partial charge >= 0.3 is 5.97 Å². The first-order valence-electron chi connectivity index (χ1n) is 4.43. The lowest BCUT2D eigenvalue weighted by Crippen LogP contribution is -2.10. The third kappa shape index (κ3) is 1.98. The standard InChI is InChI=1S/C11H13BrO2/c1-6-4-5-9(12)7(2)10(6)8(3)11(13)14/h4-5,8H,1-3H3,(H,13,14). The minimum atomic E-state index is -0.783. The zero-order valence-electron chi connectivity index (χ0n) is 8.47. The van der Waals surface area contributed by atoms with Crippen LogP contribution < -0.4 is 0 Å². The summed E-state index contributed by atoms with van der Waals surface area (Å²) in [6.45, 7) is 5.59. The van der Waals surface area contributed by atoms with Crippen molar-refractivity contribution in [2.24, 2.45) is 0 Å².